The van der Waals surface area contributed by atoms with Crippen LogP contribution < -0.4 is 5.73 Å². The summed E-state index contributed by atoms with van der Waals surface area (Å²) in [5, 5.41) is 9.87. The molecular weight excluding hydrogens is 311 g/mol. The maximum atomic E-state index is 12.6. The van der Waals surface area contributed by atoms with Gasteiger partial charge in [0.1, 0.15) is 5.75 Å². The first kappa shape index (κ1) is 13.7. The number of nitrogens with two attached hydrogens (primary N) is 1. The van der Waals surface area contributed by atoms with E-state index in [0.717, 1.165) is 25.0 Å². The number of benzene rings is 1. The van der Waals surface area contributed by atoms with E-state index >= 15 is 0 Å². The van der Waals surface area contributed by atoms with Crippen molar-refractivity contribution in [1.82, 2.24) is 0 Å². The molecule has 1 aromatic rings. The number of aromatic hydroxyl groups is 1. The zero-order chi connectivity index (χ0) is 13.7. The summed E-state index contributed by atoms with van der Waals surface area (Å²) in [5.74, 6) is -0.341. The Bertz CT molecular complexity index is 458. The Morgan fingerprint density at radius 2 is 1.94 bits per heavy atom. The van der Waals surface area contributed by atoms with Crippen LogP contribution in [0.4, 0.5) is 13.2 Å². The van der Waals surface area contributed by atoms with E-state index < -0.39 is 17.2 Å². The van der Waals surface area contributed by atoms with Crippen LogP contribution in [0.1, 0.15) is 30.9 Å². The van der Waals surface area contributed by atoms with Crippen LogP contribution in [0.3, 0.4) is 0 Å². The maximum Gasteiger partial charge on any atom is 0.416 e. The van der Waals surface area contributed by atoms with Crippen molar-refractivity contribution in [3.05, 3.63) is 27.7 Å². The van der Waals surface area contributed by atoms with Crippen molar-refractivity contribution in [2.24, 2.45) is 5.73 Å². The van der Waals surface area contributed by atoms with E-state index in [-0.39, 0.29) is 16.3 Å². The molecule has 1 unspecified atom stereocenters. The first-order valence-electron chi connectivity index (χ1n) is 5.54. The Morgan fingerprint density at radius 1 is 1.39 bits per heavy atom. The minimum Gasteiger partial charge on any atom is -0.508 e. The van der Waals surface area contributed by atoms with E-state index in [2.05, 4.69) is 15.9 Å². The smallest absolute Gasteiger partial charge is 0.416 e. The normalized spacial score (nSPS) is 19.7. The van der Waals surface area contributed by atoms with Crippen LogP contribution in [-0.4, -0.2) is 11.1 Å². The SMILES string of the molecule is CC(N)C1(c2c(O)cc(C(F)(F)F)cc2Br)CC1. The second-order valence-electron chi connectivity index (χ2n) is 4.79. The Morgan fingerprint density at radius 3 is 2.28 bits per heavy atom. The molecule has 0 amide bonds. The van der Waals surface area contributed by atoms with Gasteiger partial charge in [-0.25, -0.2) is 0 Å². The highest BCUT2D eigenvalue weighted by atomic mass is 79.9. The maximum absolute atomic E-state index is 12.6. The molecule has 1 aliphatic rings. The van der Waals surface area contributed by atoms with Crippen molar-refractivity contribution in [1.29, 1.82) is 0 Å². The van der Waals surface area contributed by atoms with Crippen LogP contribution in [-0.2, 0) is 11.6 Å². The van der Waals surface area contributed by atoms with E-state index in [9.17, 15) is 18.3 Å². The lowest BCUT2D eigenvalue weighted by molar-refractivity contribution is -0.137. The molecule has 0 bridgehead atoms. The van der Waals surface area contributed by atoms with Crippen LogP contribution in [0.5, 0.6) is 5.75 Å². The van der Waals surface area contributed by atoms with Crippen molar-refractivity contribution in [3.8, 4) is 5.75 Å². The van der Waals surface area contributed by atoms with Gasteiger partial charge < -0.3 is 10.8 Å². The van der Waals surface area contributed by atoms with E-state index in [1.54, 1.807) is 6.92 Å². The number of alkyl halides is 3. The predicted molar refractivity (Wildman–Crippen MR) is 65.4 cm³/mol. The Kier molecular flexibility index (Phi) is 3.14. The van der Waals surface area contributed by atoms with Crippen molar-refractivity contribution in [2.45, 2.75) is 37.4 Å². The summed E-state index contributed by atoms with van der Waals surface area (Å²) in [7, 11) is 0. The van der Waals surface area contributed by atoms with E-state index in [1.807, 2.05) is 0 Å². The summed E-state index contributed by atoms with van der Waals surface area (Å²) in [6.07, 6.45) is -2.91. The van der Waals surface area contributed by atoms with Crippen molar-refractivity contribution in [2.75, 3.05) is 0 Å². The monoisotopic (exact) mass is 323 g/mol. The summed E-state index contributed by atoms with van der Waals surface area (Å²) in [6, 6.07) is 1.55. The molecule has 6 heteroatoms. The third kappa shape index (κ3) is 2.12. The average Bonchev–Trinajstić information content (AvgIpc) is 2.96. The summed E-state index contributed by atoms with van der Waals surface area (Å²) in [5.41, 5.74) is 5.10. The Labute approximate surface area is 111 Å². The summed E-state index contributed by atoms with van der Waals surface area (Å²) < 4.78 is 38.0. The minimum absolute atomic E-state index is 0.212. The highest BCUT2D eigenvalue weighted by molar-refractivity contribution is 9.10. The largest absolute Gasteiger partial charge is 0.508 e. The molecular formula is C12H13BrF3NO. The van der Waals surface area contributed by atoms with Crippen LogP contribution in [0.25, 0.3) is 0 Å². The molecule has 1 aliphatic carbocycles. The van der Waals surface area contributed by atoms with Gasteiger partial charge in [0.25, 0.3) is 0 Å². The van der Waals surface area contributed by atoms with Gasteiger partial charge in [0.05, 0.1) is 5.56 Å². The van der Waals surface area contributed by atoms with Gasteiger partial charge in [-0.1, -0.05) is 15.9 Å². The molecule has 0 saturated heterocycles. The van der Waals surface area contributed by atoms with E-state index in [4.69, 9.17) is 5.73 Å². The fourth-order valence-electron chi connectivity index (χ4n) is 2.32. The van der Waals surface area contributed by atoms with Gasteiger partial charge in [0.15, 0.2) is 0 Å². The molecule has 0 radical (unpaired) electrons. The topological polar surface area (TPSA) is 46.2 Å². The van der Waals surface area contributed by atoms with Crippen LogP contribution in [0.15, 0.2) is 16.6 Å². The van der Waals surface area contributed by atoms with Gasteiger partial charge in [0.2, 0.25) is 0 Å². The predicted octanol–water partition coefficient (Wildman–Crippen LogP) is 3.55. The summed E-state index contributed by atoms with van der Waals surface area (Å²) in [4.78, 5) is 0. The summed E-state index contributed by atoms with van der Waals surface area (Å²) in [6.45, 7) is 1.80. The van der Waals surface area contributed by atoms with Crippen molar-refractivity contribution < 1.29 is 18.3 Å². The molecule has 0 spiro atoms. The molecule has 0 aliphatic heterocycles. The molecule has 100 valence electrons. The second-order valence-corrected chi connectivity index (χ2v) is 5.65. The average molecular weight is 324 g/mol. The lowest BCUT2D eigenvalue weighted by Crippen LogP contribution is -2.32. The number of hydrogen-bond donors (Lipinski definition) is 2. The van der Waals surface area contributed by atoms with Gasteiger partial charge in [-0.15, -0.1) is 0 Å². The zero-order valence-electron chi connectivity index (χ0n) is 9.68. The van der Waals surface area contributed by atoms with Gasteiger partial charge in [-0.2, -0.15) is 13.2 Å². The molecule has 1 atom stereocenters. The van der Waals surface area contributed by atoms with E-state index in [1.165, 1.54) is 0 Å². The third-order valence-corrected chi connectivity index (χ3v) is 4.18. The first-order valence-corrected chi connectivity index (χ1v) is 6.33. The molecule has 18 heavy (non-hydrogen) atoms. The van der Waals surface area contributed by atoms with Crippen molar-refractivity contribution in [3.63, 3.8) is 0 Å². The standard InChI is InChI=1S/C12H13BrF3NO/c1-6(17)11(2-3-11)10-8(13)4-7(5-9(10)18)12(14,15)16/h4-6,18H,2-3,17H2,1H3. The van der Waals surface area contributed by atoms with Crippen LogP contribution in [0.2, 0.25) is 0 Å². The Hall–Kier alpha value is -0.750. The lowest BCUT2D eigenvalue weighted by atomic mass is 9.88. The number of rotatable bonds is 2. The number of phenolic OH excluding ortho intramolecular Hbond substituents is 1. The molecule has 1 fully saturated rings. The van der Waals surface area contributed by atoms with Crippen LogP contribution >= 0.6 is 15.9 Å². The van der Waals surface area contributed by atoms with Crippen LogP contribution in [0, 0.1) is 0 Å². The highest BCUT2D eigenvalue weighted by Gasteiger charge is 2.50. The quantitative estimate of drug-likeness (QED) is 0.874. The molecule has 0 heterocycles. The molecule has 2 rings (SSSR count). The first-order chi connectivity index (χ1) is 8.18. The van der Waals surface area contributed by atoms with Gasteiger partial charge >= 0.3 is 6.18 Å². The zero-order valence-corrected chi connectivity index (χ0v) is 11.3. The molecule has 1 aromatic carbocycles. The minimum atomic E-state index is -4.47. The van der Waals surface area contributed by atoms with Gasteiger partial charge in [-0.3, -0.25) is 0 Å². The molecule has 2 nitrogen and oxygen atoms in total. The molecule has 3 N–H and O–H groups in total. The third-order valence-electron chi connectivity index (χ3n) is 3.55. The molecule has 0 aromatic heterocycles. The fraction of sp³-hybridized carbons (Fsp3) is 0.500. The lowest BCUT2D eigenvalue weighted by Gasteiger charge is -2.23. The second kappa shape index (κ2) is 4.13. The molecule has 1 saturated carbocycles. The van der Waals surface area contributed by atoms with Crippen molar-refractivity contribution >= 4 is 15.9 Å². The van der Waals surface area contributed by atoms with Gasteiger partial charge in [0, 0.05) is 21.5 Å². The van der Waals surface area contributed by atoms with Gasteiger partial charge in [-0.05, 0) is 31.9 Å². The van der Waals surface area contributed by atoms with E-state index in [0.29, 0.717) is 5.56 Å². The Balaban J connectivity index is 2.53. The summed E-state index contributed by atoms with van der Waals surface area (Å²) >= 11 is 3.12. The number of hydrogen-bond acceptors (Lipinski definition) is 2. The fourth-order valence-corrected chi connectivity index (χ4v) is 3.16. The number of halogens is 4. The highest BCUT2D eigenvalue weighted by Crippen LogP contribution is 2.56. The number of phenols is 1.